The van der Waals surface area contributed by atoms with Gasteiger partial charge in [0.25, 0.3) is 0 Å². The van der Waals surface area contributed by atoms with Gasteiger partial charge in [0.1, 0.15) is 5.75 Å². The minimum absolute atomic E-state index is 0.636. The molecule has 0 spiro atoms. The Bertz CT molecular complexity index is 394. The van der Waals surface area contributed by atoms with Crippen molar-refractivity contribution in [3.63, 3.8) is 0 Å². The van der Waals surface area contributed by atoms with Crippen LogP contribution in [0.3, 0.4) is 0 Å². The van der Waals surface area contributed by atoms with E-state index in [-0.39, 0.29) is 0 Å². The number of carbonyl (C=O) groups is 1. The quantitative estimate of drug-likeness (QED) is 0.776. The van der Waals surface area contributed by atoms with Gasteiger partial charge < -0.3 is 9.84 Å². The molecule has 3 nitrogen and oxygen atoms in total. The lowest BCUT2D eigenvalue weighted by Gasteiger charge is -2.08. The van der Waals surface area contributed by atoms with Gasteiger partial charge in [0.15, 0.2) is 0 Å². The molecule has 0 unspecified atom stereocenters. The van der Waals surface area contributed by atoms with Crippen molar-refractivity contribution in [2.45, 2.75) is 20.3 Å². The summed E-state index contributed by atoms with van der Waals surface area (Å²) in [7, 11) is 0. The standard InChI is InChI=1S/C13H16O3/c1-3-8-16-12-6-4-10(2)9-11(12)5-7-13(14)15/h4-7,9H,3,8H2,1-2H3,(H,14,15). The predicted octanol–water partition coefficient (Wildman–Crippen LogP) is 2.88. The Hall–Kier alpha value is -1.77. The SMILES string of the molecule is CCCOc1ccc(C)cc1C=CC(=O)O. The first-order valence-electron chi connectivity index (χ1n) is 5.28. The Morgan fingerprint density at radius 2 is 2.25 bits per heavy atom. The van der Waals surface area contributed by atoms with Crippen LogP contribution in [0.15, 0.2) is 24.3 Å². The van der Waals surface area contributed by atoms with Crippen molar-refractivity contribution in [2.24, 2.45) is 0 Å². The van der Waals surface area contributed by atoms with Gasteiger partial charge in [-0.2, -0.15) is 0 Å². The number of aryl methyl sites for hydroxylation is 1. The van der Waals surface area contributed by atoms with E-state index in [1.165, 1.54) is 0 Å². The van der Waals surface area contributed by atoms with Crippen LogP contribution in [-0.4, -0.2) is 17.7 Å². The molecule has 0 aromatic heterocycles. The molecule has 0 saturated carbocycles. The molecule has 3 heteroatoms. The highest BCUT2D eigenvalue weighted by atomic mass is 16.5. The molecule has 0 radical (unpaired) electrons. The van der Waals surface area contributed by atoms with Crippen molar-refractivity contribution in [3.8, 4) is 5.75 Å². The van der Waals surface area contributed by atoms with Crippen LogP contribution < -0.4 is 4.74 Å². The Morgan fingerprint density at radius 3 is 2.88 bits per heavy atom. The number of aliphatic carboxylic acids is 1. The summed E-state index contributed by atoms with van der Waals surface area (Å²) in [6, 6.07) is 5.72. The van der Waals surface area contributed by atoms with Crippen LogP contribution in [0.2, 0.25) is 0 Å². The van der Waals surface area contributed by atoms with E-state index in [9.17, 15) is 4.79 Å². The highest BCUT2D eigenvalue weighted by molar-refractivity contribution is 5.85. The van der Waals surface area contributed by atoms with Gasteiger partial charge in [-0.1, -0.05) is 18.6 Å². The molecule has 0 heterocycles. The molecule has 16 heavy (non-hydrogen) atoms. The average molecular weight is 220 g/mol. The monoisotopic (exact) mass is 220 g/mol. The van der Waals surface area contributed by atoms with Gasteiger partial charge in [-0.15, -0.1) is 0 Å². The van der Waals surface area contributed by atoms with Gasteiger partial charge in [-0.05, 0) is 31.6 Å². The molecule has 1 aromatic rings. The lowest BCUT2D eigenvalue weighted by atomic mass is 10.1. The first-order valence-corrected chi connectivity index (χ1v) is 5.28. The van der Waals surface area contributed by atoms with E-state index < -0.39 is 5.97 Å². The number of carboxylic acids is 1. The van der Waals surface area contributed by atoms with Crippen molar-refractivity contribution in [3.05, 3.63) is 35.4 Å². The van der Waals surface area contributed by atoms with Gasteiger partial charge in [-0.25, -0.2) is 4.79 Å². The summed E-state index contributed by atoms with van der Waals surface area (Å²) in [5.74, 6) is -0.229. The van der Waals surface area contributed by atoms with Gasteiger partial charge >= 0.3 is 5.97 Å². The molecular weight excluding hydrogens is 204 g/mol. The molecule has 86 valence electrons. The van der Waals surface area contributed by atoms with Crippen LogP contribution in [-0.2, 0) is 4.79 Å². The number of benzene rings is 1. The van der Waals surface area contributed by atoms with Crippen LogP contribution in [0, 0.1) is 6.92 Å². The van der Waals surface area contributed by atoms with Gasteiger partial charge in [0, 0.05) is 11.6 Å². The Balaban J connectivity index is 2.93. The molecule has 0 bridgehead atoms. The summed E-state index contributed by atoms with van der Waals surface area (Å²) in [6.45, 7) is 4.62. The fraction of sp³-hybridized carbons (Fsp3) is 0.308. The molecular formula is C13H16O3. The van der Waals surface area contributed by atoms with Gasteiger partial charge in [0.05, 0.1) is 6.61 Å². The predicted molar refractivity (Wildman–Crippen MR) is 63.6 cm³/mol. The molecule has 1 N–H and O–H groups in total. The maximum absolute atomic E-state index is 10.5. The lowest BCUT2D eigenvalue weighted by molar-refractivity contribution is -0.131. The van der Waals surface area contributed by atoms with Crippen LogP contribution in [0.25, 0.3) is 6.08 Å². The summed E-state index contributed by atoms with van der Waals surface area (Å²) >= 11 is 0. The second kappa shape index (κ2) is 5.95. The molecule has 0 aliphatic carbocycles. The molecule has 0 saturated heterocycles. The first-order chi connectivity index (χ1) is 7.63. The number of hydrogen-bond acceptors (Lipinski definition) is 2. The normalized spacial score (nSPS) is 10.6. The number of hydrogen-bond donors (Lipinski definition) is 1. The zero-order valence-corrected chi connectivity index (χ0v) is 9.56. The molecule has 0 fully saturated rings. The van der Waals surface area contributed by atoms with Gasteiger partial charge in [-0.3, -0.25) is 0 Å². The Morgan fingerprint density at radius 1 is 1.50 bits per heavy atom. The van der Waals surface area contributed by atoms with E-state index in [1.807, 2.05) is 32.0 Å². The maximum Gasteiger partial charge on any atom is 0.328 e. The van der Waals surface area contributed by atoms with E-state index in [0.29, 0.717) is 6.61 Å². The van der Waals surface area contributed by atoms with Crippen molar-refractivity contribution in [2.75, 3.05) is 6.61 Å². The third kappa shape index (κ3) is 3.77. The smallest absolute Gasteiger partial charge is 0.328 e. The van der Waals surface area contributed by atoms with E-state index in [4.69, 9.17) is 9.84 Å². The van der Waals surface area contributed by atoms with E-state index in [2.05, 4.69) is 0 Å². The second-order valence-electron chi connectivity index (χ2n) is 3.56. The summed E-state index contributed by atoms with van der Waals surface area (Å²) < 4.78 is 5.53. The van der Waals surface area contributed by atoms with E-state index >= 15 is 0 Å². The molecule has 1 aromatic carbocycles. The minimum Gasteiger partial charge on any atom is -0.493 e. The van der Waals surface area contributed by atoms with Crippen molar-refractivity contribution < 1.29 is 14.6 Å². The average Bonchev–Trinajstić information content (AvgIpc) is 2.25. The highest BCUT2D eigenvalue weighted by Crippen LogP contribution is 2.21. The maximum atomic E-state index is 10.5. The summed E-state index contributed by atoms with van der Waals surface area (Å²) in [5.41, 5.74) is 1.88. The fourth-order valence-electron chi connectivity index (χ4n) is 1.30. The van der Waals surface area contributed by atoms with Crippen LogP contribution in [0.4, 0.5) is 0 Å². The Kier molecular flexibility index (Phi) is 4.58. The van der Waals surface area contributed by atoms with Gasteiger partial charge in [0.2, 0.25) is 0 Å². The van der Waals surface area contributed by atoms with Crippen molar-refractivity contribution >= 4 is 12.0 Å². The lowest BCUT2D eigenvalue weighted by Crippen LogP contribution is -1.97. The van der Waals surface area contributed by atoms with Crippen LogP contribution in [0.1, 0.15) is 24.5 Å². The number of ether oxygens (including phenoxy) is 1. The minimum atomic E-state index is -0.956. The largest absolute Gasteiger partial charge is 0.493 e. The van der Waals surface area contributed by atoms with Crippen LogP contribution >= 0.6 is 0 Å². The Labute approximate surface area is 95.4 Å². The summed E-state index contributed by atoms with van der Waals surface area (Å²) in [4.78, 5) is 10.5. The molecule has 0 amide bonds. The summed E-state index contributed by atoms with van der Waals surface area (Å²) in [6.07, 6.45) is 3.60. The van der Waals surface area contributed by atoms with Crippen molar-refractivity contribution in [1.82, 2.24) is 0 Å². The topological polar surface area (TPSA) is 46.5 Å². The van der Waals surface area contributed by atoms with Crippen LogP contribution in [0.5, 0.6) is 5.75 Å². The first kappa shape index (κ1) is 12.3. The highest BCUT2D eigenvalue weighted by Gasteiger charge is 2.01. The zero-order valence-electron chi connectivity index (χ0n) is 9.56. The third-order valence-electron chi connectivity index (χ3n) is 2.03. The molecule has 1 rings (SSSR count). The van der Waals surface area contributed by atoms with E-state index in [1.54, 1.807) is 6.08 Å². The molecule has 0 atom stereocenters. The van der Waals surface area contributed by atoms with E-state index in [0.717, 1.165) is 29.4 Å². The zero-order chi connectivity index (χ0) is 12.0. The second-order valence-corrected chi connectivity index (χ2v) is 3.56. The number of rotatable bonds is 5. The molecule has 0 aliphatic rings. The third-order valence-corrected chi connectivity index (χ3v) is 2.03. The summed E-state index contributed by atoms with van der Waals surface area (Å²) in [5, 5.41) is 8.58. The number of carboxylic acid groups (broad SMARTS) is 1. The van der Waals surface area contributed by atoms with Crippen molar-refractivity contribution in [1.29, 1.82) is 0 Å². The molecule has 0 aliphatic heterocycles. The fourth-order valence-corrected chi connectivity index (χ4v) is 1.30.